The monoisotopic (exact) mass is 383 g/mol. The van der Waals surface area contributed by atoms with Gasteiger partial charge in [-0.15, -0.1) is 0 Å². The van der Waals surface area contributed by atoms with Gasteiger partial charge in [-0.25, -0.2) is 0 Å². The van der Waals surface area contributed by atoms with Gasteiger partial charge in [0.05, 0.1) is 26.2 Å². The number of nitrogens with zero attached hydrogens (tertiary/aromatic N) is 3. The number of hydrogen-bond donors (Lipinski definition) is 0. The predicted molar refractivity (Wildman–Crippen MR) is 107 cm³/mol. The van der Waals surface area contributed by atoms with E-state index >= 15 is 0 Å². The average Bonchev–Trinajstić information content (AvgIpc) is 2.42. The Morgan fingerprint density at radius 2 is 0.815 bits per heavy atom. The highest BCUT2D eigenvalue weighted by molar-refractivity contribution is 5.81. The molecule has 0 saturated carbocycles. The van der Waals surface area contributed by atoms with Crippen molar-refractivity contribution in [3.63, 3.8) is 0 Å². The Morgan fingerprint density at radius 3 is 1.00 bits per heavy atom. The van der Waals surface area contributed by atoms with E-state index in [0.29, 0.717) is 26.2 Å². The van der Waals surface area contributed by atoms with Gasteiger partial charge in [0.1, 0.15) is 23.1 Å². The summed E-state index contributed by atoms with van der Waals surface area (Å²) in [6.45, 7) is 16.1. The highest BCUT2D eigenvalue weighted by atomic mass is 16.1. The topological polar surface area (TPSA) is 78.0 Å². The molecule has 0 aliphatic heterocycles. The van der Waals surface area contributed by atoms with E-state index in [9.17, 15) is 19.2 Å². The summed E-state index contributed by atoms with van der Waals surface area (Å²) < 4.78 is 0. The van der Waals surface area contributed by atoms with E-state index in [4.69, 9.17) is 0 Å². The van der Waals surface area contributed by atoms with E-state index in [1.807, 2.05) is 9.80 Å². The van der Waals surface area contributed by atoms with E-state index in [-0.39, 0.29) is 54.9 Å². The molecule has 0 amide bonds. The van der Waals surface area contributed by atoms with Crippen molar-refractivity contribution in [1.29, 1.82) is 0 Å². The first-order valence-electron chi connectivity index (χ1n) is 9.48. The summed E-state index contributed by atoms with van der Waals surface area (Å²) in [6, 6.07) is 0. The Hall–Kier alpha value is -1.44. The molecule has 156 valence electrons. The summed E-state index contributed by atoms with van der Waals surface area (Å²) in [6.07, 6.45) is 0. The Bertz CT molecular complexity index is 454. The van der Waals surface area contributed by atoms with Crippen LogP contribution in [-0.4, -0.2) is 95.7 Å². The number of hydrogen-bond acceptors (Lipinski definition) is 7. The summed E-state index contributed by atoms with van der Waals surface area (Å²) in [4.78, 5) is 51.8. The summed E-state index contributed by atoms with van der Waals surface area (Å²) >= 11 is 0. The van der Waals surface area contributed by atoms with Crippen molar-refractivity contribution >= 4 is 23.1 Å². The van der Waals surface area contributed by atoms with Crippen molar-refractivity contribution in [2.24, 2.45) is 0 Å². The van der Waals surface area contributed by atoms with Crippen molar-refractivity contribution < 1.29 is 19.2 Å². The van der Waals surface area contributed by atoms with Crippen LogP contribution in [0, 0.1) is 0 Å². The highest BCUT2D eigenvalue weighted by Gasteiger charge is 2.23. The van der Waals surface area contributed by atoms with Crippen LogP contribution in [0.3, 0.4) is 0 Å². The quantitative estimate of drug-likeness (QED) is 0.444. The average molecular weight is 384 g/mol. The molecular weight excluding hydrogens is 346 g/mol. The maximum Gasteiger partial charge on any atom is 0.143 e. The highest BCUT2D eigenvalue weighted by Crippen LogP contribution is 2.13. The van der Waals surface area contributed by atoms with E-state index in [1.54, 1.807) is 0 Å². The standard InChI is InChI=1S/C20H37N3O4/c1-16(24)12-21(13-17(2)25)8-10-23(20(5,6)7)11-9-22(14-18(3)26)15-19(4)27/h8-15H2,1-7H3. The zero-order valence-electron chi connectivity index (χ0n) is 18.1. The van der Waals surface area contributed by atoms with Gasteiger partial charge >= 0.3 is 0 Å². The van der Waals surface area contributed by atoms with E-state index in [1.165, 1.54) is 27.7 Å². The van der Waals surface area contributed by atoms with E-state index in [0.717, 1.165) is 0 Å². The molecule has 0 radical (unpaired) electrons. The number of carbonyl (C=O) groups excluding carboxylic acids is 4. The molecule has 0 saturated heterocycles. The lowest BCUT2D eigenvalue weighted by Crippen LogP contribution is -2.50. The van der Waals surface area contributed by atoms with Gasteiger partial charge < -0.3 is 0 Å². The minimum Gasteiger partial charge on any atom is -0.299 e. The minimum atomic E-state index is -0.115. The molecule has 0 aromatic carbocycles. The molecule has 0 aromatic rings. The summed E-state index contributed by atoms with van der Waals surface area (Å²) in [5, 5.41) is 0. The molecule has 0 N–H and O–H groups in total. The van der Waals surface area contributed by atoms with Crippen LogP contribution in [0.4, 0.5) is 0 Å². The van der Waals surface area contributed by atoms with Crippen LogP contribution in [0.5, 0.6) is 0 Å². The summed E-state index contributed by atoms with van der Waals surface area (Å²) in [5.74, 6) is 0.139. The van der Waals surface area contributed by atoms with Crippen LogP contribution in [0.25, 0.3) is 0 Å². The Morgan fingerprint density at radius 1 is 0.556 bits per heavy atom. The predicted octanol–water partition coefficient (Wildman–Crippen LogP) is 1.05. The summed E-state index contributed by atoms with van der Waals surface area (Å²) in [5.41, 5.74) is -0.115. The molecule has 0 rings (SSSR count). The molecule has 0 fully saturated rings. The van der Waals surface area contributed by atoms with Gasteiger partial charge in [0.15, 0.2) is 0 Å². The molecule has 0 aliphatic carbocycles. The van der Waals surface area contributed by atoms with Crippen LogP contribution in [0.2, 0.25) is 0 Å². The summed E-state index contributed by atoms with van der Waals surface area (Å²) in [7, 11) is 0. The fourth-order valence-electron chi connectivity index (χ4n) is 2.99. The molecule has 0 spiro atoms. The first kappa shape index (κ1) is 25.6. The van der Waals surface area contributed by atoms with Crippen LogP contribution in [0.1, 0.15) is 48.5 Å². The first-order chi connectivity index (χ1) is 12.3. The molecule has 0 unspecified atom stereocenters. The van der Waals surface area contributed by atoms with Crippen molar-refractivity contribution in [2.75, 3.05) is 52.4 Å². The van der Waals surface area contributed by atoms with E-state index in [2.05, 4.69) is 25.7 Å². The SMILES string of the molecule is CC(=O)CN(CCN(CCN(CC(C)=O)CC(C)=O)C(C)(C)C)CC(C)=O. The zero-order valence-corrected chi connectivity index (χ0v) is 18.1. The number of ketones is 4. The third-order valence-electron chi connectivity index (χ3n) is 4.11. The first-order valence-corrected chi connectivity index (χ1v) is 9.48. The molecule has 7 heteroatoms. The lowest BCUT2D eigenvalue weighted by atomic mass is 10.1. The largest absolute Gasteiger partial charge is 0.299 e. The molecule has 0 aliphatic rings. The van der Waals surface area contributed by atoms with Crippen molar-refractivity contribution in [3.05, 3.63) is 0 Å². The van der Waals surface area contributed by atoms with Crippen LogP contribution < -0.4 is 0 Å². The van der Waals surface area contributed by atoms with E-state index < -0.39 is 0 Å². The molecule has 0 aromatic heterocycles. The normalized spacial score (nSPS) is 12.1. The second kappa shape index (κ2) is 12.1. The maximum atomic E-state index is 11.5. The Labute approximate surface area is 164 Å². The van der Waals surface area contributed by atoms with Gasteiger partial charge in [-0.3, -0.25) is 33.9 Å². The maximum absolute atomic E-state index is 11.5. The van der Waals surface area contributed by atoms with Crippen LogP contribution in [0.15, 0.2) is 0 Å². The fourth-order valence-corrected chi connectivity index (χ4v) is 2.99. The lowest BCUT2D eigenvalue weighted by molar-refractivity contribution is -0.122. The Balaban J connectivity index is 4.95. The number of rotatable bonds is 14. The molecular formula is C20H37N3O4. The molecule has 0 heterocycles. The smallest absolute Gasteiger partial charge is 0.143 e. The fraction of sp³-hybridized carbons (Fsp3) is 0.800. The van der Waals surface area contributed by atoms with Gasteiger partial charge in [-0.05, 0) is 48.5 Å². The number of Topliss-reactive ketones (excluding diaryl/α,β-unsaturated/α-hetero) is 4. The van der Waals surface area contributed by atoms with Crippen LogP contribution in [-0.2, 0) is 19.2 Å². The van der Waals surface area contributed by atoms with Crippen LogP contribution >= 0.6 is 0 Å². The second-order valence-corrected chi connectivity index (χ2v) is 8.39. The van der Waals surface area contributed by atoms with Gasteiger partial charge in [0.2, 0.25) is 0 Å². The van der Waals surface area contributed by atoms with Gasteiger partial charge in [-0.2, -0.15) is 0 Å². The molecule has 7 nitrogen and oxygen atoms in total. The minimum absolute atomic E-state index is 0.0349. The van der Waals surface area contributed by atoms with Gasteiger partial charge in [-0.1, -0.05) is 0 Å². The van der Waals surface area contributed by atoms with Gasteiger partial charge in [0.25, 0.3) is 0 Å². The Kier molecular flexibility index (Phi) is 11.5. The molecule has 0 bridgehead atoms. The third-order valence-corrected chi connectivity index (χ3v) is 4.11. The molecule has 0 atom stereocenters. The van der Waals surface area contributed by atoms with Crippen molar-refractivity contribution in [1.82, 2.24) is 14.7 Å². The molecule has 27 heavy (non-hydrogen) atoms. The van der Waals surface area contributed by atoms with Crippen molar-refractivity contribution in [3.8, 4) is 0 Å². The zero-order chi connectivity index (χ0) is 21.2. The second-order valence-electron chi connectivity index (χ2n) is 8.39. The third kappa shape index (κ3) is 13.4. The number of carbonyl (C=O) groups is 4. The van der Waals surface area contributed by atoms with Gasteiger partial charge in [0, 0.05) is 31.7 Å². The lowest BCUT2D eigenvalue weighted by Gasteiger charge is -2.38. The van der Waals surface area contributed by atoms with Crippen molar-refractivity contribution in [2.45, 2.75) is 54.0 Å².